The molecule has 17 heavy (non-hydrogen) atoms. The van der Waals surface area contributed by atoms with E-state index < -0.39 is 0 Å². The first-order valence-corrected chi connectivity index (χ1v) is 6.06. The summed E-state index contributed by atoms with van der Waals surface area (Å²) in [5.41, 5.74) is 1.91. The number of carbonyl (C=O) groups is 1. The van der Waals surface area contributed by atoms with E-state index in [1.54, 1.807) is 7.11 Å². The quantitative estimate of drug-likeness (QED) is 0.810. The molecule has 1 heterocycles. The number of nitrogens with one attached hydrogen (secondary N) is 1. The summed E-state index contributed by atoms with van der Waals surface area (Å²) in [5, 5.41) is 3.12. The van der Waals surface area contributed by atoms with Gasteiger partial charge in [-0.3, -0.25) is 4.79 Å². The molecular weight excluding hydrogens is 214 g/mol. The molecule has 0 aliphatic carbocycles. The lowest BCUT2D eigenvalue weighted by molar-refractivity contribution is 0.0875. The van der Waals surface area contributed by atoms with Gasteiger partial charge in [-0.15, -0.1) is 0 Å². The molecule has 1 aromatic carbocycles. The van der Waals surface area contributed by atoms with E-state index in [9.17, 15) is 4.79 Å². The van der Waals surface area contributed by atoms with Crippen LogP contribution in [0.3, 0.4) is 0 Å². The molecule has 1 aliphatic rings. The Morgan fingerprint density at radius 1 is 1.41 bits per heavy atom. The van der Waals surface area contributed by atoms with Crippen molar-refractivity contribution < 1.29 is 9.53 Å². The van der Waals surface area contributed by atoms with Crippen LogP contribution in [-0.4, -0.2) is 26.0 Å². The summed E-state index contributed by atoms with van der Waals surface area (Å²) in [5.74, 6) is 1.45. The van der Waals surface area contributed by atoms with Crippen LogP contribution >= 0.6 is 0 Å². The molecule has 1 N–H and O–H groups in total. The SMILES string of the molecule is COc1cc(C(C)C)ccc1C(=O)C1CNC1. The number of carbonyl (C=O) groups excluding carboxylic acids is 1. The lowest BCUT2D eigenvalue weighted by Crippen LogP contribution is -2.46. The zero-order valence-corrected chi connectivity index (χ0v) is 10.6. The molecule has 1 aliphatic heterocycles. The van der Waals surface area contributed by atoms with Crippen molar-refractivity contribution in [2.45, 2.75) is 19.8 Å². The van der Waals surface area contributed by atoms with Crippen LogP contribution in [0.15, 0.2) is 18.2 Å². The van der Waals surface area contributed by atoms with Crippen molar-refractivity contribution in [3.63, 3.8) is 0 Å². The molecule has 0 aromatic heterocycles. The van der Waals surface area contributed by atoms with Crippen molar-refractivity contribution >= 4 is 5.78 Å². The molecule has 1 saturated heterocycles. The van der Waals surface area contributed by atoms with Crippen molar-refractivity contribution in [1.29, 1.82) is 0 Å². The summed E-state index contributed by atoms with van der Waals surface area (Å²) in [4.78, 5) is 12.2. The number of hydrogen-bond acceptors (Lipinski definition) is 3. The van der Waals surface area contributed by atoms with Gasteiger partial charge < -0.3 is 10.1 Å². The third-order valence-corrected chi connectivity index (χ3v) is 3.31. The first-order chi connectivity index (χ1) is 8.13. The Hall–Kier alpha value is -1.35. The van der Waals surface area contributed by atoms with Crippen LogP contribution in [-0.2, 0) is 0 Å². The van der Waals surface area contributed by atoms with E-state index in [2.05, 4.69) is 19.2 Å². The van der Waals surface area contributed by atoms with Gasteiger partial charge in [0.05, 0.1) is 12.7 Å². The number of ether oxygens (including phenoxy) is 1. The normalized spacial score (nSPS) is 15.8. The fourth-order valence-electron chi connectivity index (χ4n) is 1.96. The largest absolute Gasteiger partial charge is 0.496 e. The first-order valence-electron chi connectivity index (χ1n) is 6.06. The Balaban J connectivity index is 2.30. The maximum Gasteiger partial charge on any atom is 0.172 e. The average Bonchev–Trinajstić information content (AvgIpc) is 2.25. The Bertz CT molecular complexity index is 422. The molecule has 3 nitrogen and oxygen atoms in total. The number of rotatable bonds is 4. The second-order valence-electron chi connectivity index (χ2n) is 4.83. The molecule has 0 amide bonds. The molecule has 1 fully saturated rings. The average molecular weight is 233 g/mol. The van der Waals surface area contributed by atoms with Crippen molar-refractivity contribution in [2.75, 3.05) is 20.2 Å². The smallest absolute Gasteiger partial charge is 0.172 e. The van der Waals surface area contributed by atoms with Gasteiger partial charge in [-0.2, -0.15) is 0 Å². The highest BCUT2D eigenvalue weighted by molar-refractivity contribution is 6.01. The third-order valence-electron chi connectivity index (χ3n) is 3.31. The molecule has 0 atom stereocenters. The minimum absolute atomic E-state index is 0.119. The van der Waals surface area contributed by atoms with Gasteiger partial charge >= 0.3 is 0 Å². The number of methoxy groups -OCH3 is 1. The lowest BCUT2D eigenvalue weighted by Gasteiger charge is -2.26. The Labute approximate surface area is 102 Å². The maximum absolute atomic E-state index is 12.2. The van der Waals surface area contributed by atoms with E-state index in [4.69, 9.17) is 4.74 Å². The van der Waals surface area contributed by atoms with E-state index in [-0.39, 0.29) is 11.7 Å². The summed E-state index contributed by atoms with van der Waals surface area (Å²) in [6, 6.07) is 5.89. The molecule has 0 spiro atoms. The maximum atomic E-state index is 12.2. The van der Waals surface area contributed by atoms with Crippen molar-refractivity contribution in [2.24, 2.45) is 5.92 Å². The lowest BCUT2D eigenvalue weighted by atomic mass is 9.90. The Morgan fingerprint density at radius 2 is 2.12 bits per heavy atom. The fraction of sp³-hybridized carbons (Fsp3) is 0.500. The van der Waals surface area contributed by atoms with E-state index in [0.29, 0.717) is 17.2 Å². The van der Waals surface area contributed by atoms with Crippen LogP contribution in [0.4, 0.5) is 0 Å². The van der Waals surface area contributed by atoms with Gasteiger partial charge in [-0.05, 0) is 23.6 Å². The van der Waals surface area contributed by atoms with Crippen molar-refractivity contribution in [3.8, 4) is 5.75 Å². The summed E-state index contributed by atoms with van der Waals surface area (Å²) in [6.45, 7) is 5.83. The Kier molecular flexibility index (Phi) is 3.48. The van der Waals surface area contributed by atoms with Gasteiger partial charge in [0.15, 0.2) is 5.78 Å². The zero-order valence-electron chi connectivity index (χ0n) is 10.6. The summed E-state index contributed by atoms with van der Waals surface area (Å²) in [7, 11) is 1.62. The topological polar surface area (TPSA) is 38.3 Å². The summed E-state index contributed by atoms with van der Waals surface area (Å²) < 4.78 is 5.33. The number of hydrogen-bond donors (Lipinski definition) is 1. The van der Waals surface area contributed by atoms with Crippen LogP contribution in [0.25, 0.3) is 0 Å². The highest BCUT2D eigenvalue weighted by atomic mass is 16.5. The number of benzene rings is 1. The second-order valence-corrected chi connectivity index (χ2v) is 4.83. The molecule has 2 rings (SSSR count). The Morgan fingerprint density at radius 3 is 2.59 bits per heavy atom. The molecule has 92 valence electrons. The van der Waals surface area contributed by atoms with Gasteiger partial charge in [0.1, 0.15) is 5.75 Å². The fourth-order valence-corrected chi connectivity index (χ4v) is 1.96. The van der Waals surface area contributed by atoms with E-state index in [0.717, 1.165) is 13.1 Å². The first kappa shape index (κ1) is 12.1. The van der Waals surface area contributed by atoms with Crippen LogP contribution in [0.5, 0.6) is 5.75 Å². The van der Waals surface area contributed by atoms with Gasteiger partial charge in [-0.25, -0.2) is 0 Å². The molecule has 0 radical (unpaired) electrons. The molecule has 0 unspecified atom stereocenters. The van der Waals surface area contributed by atoms with Crippen LogP contribution in [0, 0.1) is 5.92 Å². The van der Waals surface area contributed by atoms with Crippen molar-refractivity contribution in [1.82, 2.24) is 5.32 Å². The molecule has 0 bridgehead atoms. The summed E-state index contributed by atoms with van der Waals surface area (Å²) >= 11 is 0. The van der Waals surface area contributed by atoms with Gasteiger partial charge in [0.25, 0.3) is 0 Å². The van der Waals surface area contributed by atoms with Crippen LogP contribution < -0.4 is 10.1 Å². The minimum Gasteiger partial charge on any atom is -0.496 e. The molecular formula is C14H19NO2. The standard InChI is InChI=1S/C14H19NO2/c1-9(2)10-4-5-12(13(6-10)17-3)14(16)11-7-15-8-11/h4-6,9,11,15H,7-8H2,1-3H3. The zero-order chi connectivity index (χ0) is 12.4. The van der Waals surface area contributed by atoms with E-state index >= 15 is 0 Å². The van der Waals surface area contributed by atoms with Crippen molar-refractivity contribution in [3.05, 3.63) is 29.3 Å². The highest BCUT2D eigenvalue weighted by Gasteiger charge is 2.28. The van der Waals surface area contributed by atoms with Gasteiger partial charge in [0.2, 0.25) is 0 Å². The third kappa shape index (κ3) is 2.34. The second kappa shape index (κ2) is 4.88. The molecule has 3 heteroatoms. The number of ketones is 1. The molecule has 0 saturated carbocycles. The highest BCUT2D eigenvalue weighted by Crippen LogP contribution is 2.27. The van der Waals surface area contributed by atoms with Crippen LogP contribution in [0.2, 0.25) is 0 Å². The molecule has 1 aromatic rings. The number of Topliss-reactive ketones (excluding diaryl/α,β-unsaturated/α-hetero) is 1. The summed E-state index contributed by atoms with van der Waals surface area (Å²) in [6.07, 6.45) is 0. The predicted octanol–water partition coefficient (Wildman–Crippen LogP) is 2.22. The van der Waals surface area contributed by atoms with E-state index in [1.807, 2.05) is 18.2 Å². The van der Waals surface area contributed by atoms with Gasteiger partial charge in [-0.1, -0.05) is 19.9 Å². The van der Waals surface area contributed by atoms with E-state index in [1.165, 1.54) is 5.56 Å². The van der Waals surface area contributed by atoms with Gasteiger partial charge in [0, 0.05) is 19.0 Å². The van der Waals surface area contributed by atoms with Crippen LogP contribution in [0.1, 0.15) is 35.7 Å². The minimum atomic E-state index is 0.119. The predicted molar refractivity (Wildman–Crippen MR) is 67.8 cm³/mol. The monoisotopic (exact) mass is 233 g/mol.